The Bertz CT molecular complexity index is 504. The van der Waals surface area contributed by atoms with Crippen molar-refractivity contribution >= 4 is 28.6 Å². The summed E-state index contributed by atoms with van der Waals surface area (Å²) in [6.07, 6.45) is -8.18. The van der Waals surface area contributed by atoms with Gasteiger partial charge in [0.15, 0.2) is 0 Å². The van der Waals surface area contributed by atoms with Crippen LogP contribution in [0.2, 0.25) is 0 Å². The highest BCUT2D eigenvalue weighted by molar-refractivity contribution is 14.1. The van der Waals surface area contributed by atoms with E-state index in [4.69, 9.17) is 0 Å². The van der Waals surface area contributed by atoms with Crippen LogP contribution in [0.3, 0.4) is 0 Å². The van der Waals surface area contributed by atoms with Gasteiger partial charge < -0.3 is 4.74 Å². The summed E-state index contributed by atoms with van der Waals surface area (Å²) in [5.41, 5.74) is -3.20. The first kappa shape index (κ1) is 17.1. The summed E-state index contributed by atoms with van der Waals surface area (Å²) in [6.45, 7) is 1.51. The fourth-order valence-electron chi connectivity index (χ4n) is 1.57. The molecule has 0 spiro atoms. The lowest BCUT2D eigenvalue weighted by Gasteiger charge is -2.17. The monoisotopic (exact) mass is 409 g/mol. The number of hydrogen-bond acceptors (Lipinski definition) is 3. The van der Waals surface area contributed by atoms with Crippen molar-refractivity contribution < 1.29 is 31.5 Å². The third-order valence-electron chi connectivity index (χ3n) is 2.30. The van der Waals surface area contributed by atoms with Crippen molar-refractivity contribution in [3.05, 3.63) is 26.6 Å². The van der Waals surface area contributed by atoms with Gasteiger partial charge in [0.1, 0.15) is 3.70 Å². The predicted molar refractivity (Wildman–Crippen MR) is 67.2 cm³/mol. The molecule has 0 atom stereocenters. The number of halogens is 6. The minimum absolute atomic E-state index is 0.00672. The molecule has 0 bridgehead atoms. The van der Waals surface area contributed by atoms with Gasteiger partial charge in [-0.3, -0.25) is 4.79 Å². The molecule has 20 heavy (non-hydrogen) atoms. The van der Waals surface area contributed by atoms with E-state index in [0.29, 0.717) is 0 Å². The molecule has 0 N–H and O–H groups in total. The lowest BCUT2D eigenvalue weighted by atomic mass is 10.0. The Labute approximate surface area is 124 Å². The Morgan fingerprint density at radius 2 is 2.05 bits per heavy atom. The van der Waals surface area contributed by atoms with Gasteiger partial charge in [0.2, 0.25) is 0 Å². The smallest absolute Gasteiger partial charge is 0.419 e. The molecular weight excluding hydrogens is 400 g/mol. The van der Waals surface area contributed by atoms with Gasteiger partial charge in [0, 0.05) is 11.8 Å². The quantitative estimate of drug-likeness (QED) is 0.329. The average Bonchev–Trinajstić information content (AvgIpc) is 2.29. The Kier molecular flexibility index (Phi) is 5.66. The highest BCUT2D eigenvalue weighted by Crippen LogP contribution is 2.40. The number of rotatable bonds is 4. The number of hydrogen-bond donors (Lipinski definition) is 0. The zero-order chi connectivity index (χ0) is 15.5. The van der Waals surface area contributed by atoms with Crippen LogP contribution in [-0.2, 0) is 22.1 Å². The molecule has 0 saturated carbocycles. The number of esters is 1. The van der Waals surface area contributed by atoms with E-state index in [1.165, 1.54) is 29.5 Å². The van der Waals surface area contributed by atoms with Gasteiger partial charge in [0.25, 0.3) is 6.43 Å². The summed E-state index contributed by atoms with van der Waals surface area (Å²) >= 11 is 1.23. The van der Waals surface area contributed by atoms with E-state index in [-0.39, 0.29) is 6.61 Å². The van der Waals surface area contributed by atoms with Crippen LogP contribution in [0.25, 0.3) is 0 Å². The standard InChI is InChI=1S/C11H9F5INO2/c1-2-20-6(19)3-5-4-18-10(17)8(11(14,15)16)7(5)9(12)13/h4,9H,2-3H2,1H3. The van der Waals surface area contributed by atoms with Crippen LogP contribution >= 0.6 is 22.6 Å². The maximum atomic E-state index is 13.0. The van der Waals surface area contributed by atoms with E-state index in [1.807, 2.05) is 0 Å². The third-order valence-corrected chi connectivity index (χ3v) is 3.12. The molecule has 0 aromatic carbocycles. The molecule has 1 rings (SSSR count). The normalized spacial score (nSPS) is 11.8. The number of carbonyl (C=O) groups is 1. The zero-order valence-electron chi connectivity index (χ0n) is 10.1. The van der Waals surface area contributed by atoms with Gasteiger partial charge in [-0.15, -0.1) is 0 Å². The zero-order valence-corrected chi connectivity index (χ0v) is 12.3. The number of carbonyl (C=O) groups excluding carboxylic acids is 1. The van der Waals surface area contributed by atoms with Gasteiger partial charge in [-0.25, -0.2) is 13.8 Å². The van der Waals surface area contributed by atoms with Crippen LogP contribution in [0.15, 0.2) is 6.20 Å². The SMILES string of the molecule is CCOC(=O)Cc1cnc(I)c(C(F)(F)F)c1C(F)F. The molecule has 9 heteroatoms. The molecule has 0 fully saturated rings. The van der Waals surface area contributed by atoms with Crippen LogP contribution in [0, 0.1) is 3.70 Å². The van der Waals surface area contributed by atoms with Crippen molar-refractivity contribution in [3.8, 4) is 0 Å². The van der Waals surface area contributed by atoms with Crippen molar-refractivity contribution in [1.82, 2.24) is 4.98 Å². The second kappa shape index (κ2) is 6.64. The van der Waals surface area contributed by atoms with Crippen molar-refractivity contribution in [2.45, 2.75) is 25.9 Å². The average molecular weight is 409 g/mol. The van der Waals surface area contributed by atoms with Gasteiger partial charge in [-0.05, 0) is 35.1 Å². The van der Waals surface area contributed by atoms with Crippen LogP contribution in [0.5, 0.6) is 0 Å². The van der Waals surface area contributed by atoms with Crippen molar-refractivity contribution in [2.75, 3.05) is 6.61 Å². The van der Waals surface area contributed by atoms with Crippen LogP contribution in [0.4, 0.5) is 22.0 Å². The first-order chi connectivity index (χ1) is 9.18. The molecule has 3 nitrogen and oxygen atoms in total. The van der Waals surface area contributed by atoms with Crippen LogP contribution in [-0.4, -0.2) is 17.6 Å². The Balaban J connectivity index is 3.36. The highest BCUT2D eigenvalue weighted by atomic mass is 127. The van der Waals surface area contributed by atoms with E-state index >= 15 is 0 Å². The fraction of sp³-hybridized carbons (Fsp3) is 0.455. The summed E-state index contributed by atoms with van der Waals surface area (Å²) in [5, 5.41) is 0. The summed E-state index contributed by atoms with van der Waals surface area (Å²) in [7, 11) is 0. The molecule has 0 saturated heterocycles. The first-order valence-electron chi connectivity index (χ1n) is 5.36. The molecular formula is C11H9F5INO2. The number of ether oxygens (including phenoxy) is 1. The van der Waals surface area contributed by atoms with Crippen molar-refractivity contribution in [3.63, 3.8) is 0 Å². The molecule has 1 aromatic heterocycles. The van der Waals surface area contributed by atoms with E-state index in [1.54, 1.807) is 0 Å². The number of aromatic nitrogens is 1. The van der Waals surface area contributed by atoms with E-state index in [0.717, 1.165) is 6.20 Å². The van der Waals surface area contributed by atoms with Gasteiger partial charge >= 0.3 is 12.1 Å². The van der Waals surface area contributed by atoms with E-state index in [2.05, 4.69) is 9.72 Å². The number of pyridine rings is 1. The molecule has 0 amide bonds. The third kappa shape index (κ3) is 4.00. The number of alkyl halides is 5. The second-order valence-electron chi connectivity index (χ2n) is 3.64. The maximum Gasteiger partial charge on any atom is 0.419 e. The largest absolute Gasteiger partial charge is 0.466 e. The van der Waals surface area contributed by atoms with Crippen LogP contribution < -0.4 is 0 Å². The lowest BCUT2D eigenvalue weighted by molar-refractivity contribution is -0.143. The maximum absolute atomic E-state index is 13.0. The first-order valence-corrected chi connectivity index (χ1v) is 6.44. The van der Waals surface area contributed by atoms with E-state index < -0.39 is 45.4 Å². The topological polar surface area (TPSA) is 39.2 Å². The van der Waals surface area contributed by atoms with Gasteiger partial charge in [-0.1, -0.05) is 0 Å². The molecule has 0 aliphatic carbocycles. The highest BCUT2D eigenvalue weighted by Gasteiger charge is 2.40. The molecule has 0 aliphatic heterocycles. The summed E-state index contributed by atoms with van der Waals surface area (Å²) in [6, 6.07) is 0. The Hall–Kier alpha value is -1.00. The minimum atomic E-state index is -4.97. The predicted octanol–water partition coefficient (Wildman–Crippen LogP) is 3.75. The summed E-state index contributed by atoms with van der Waals surface area (Å²) in [4.78, 5) is 14.7. The fourth-order valence-corrected chi connectivity index (χ4v) is 2.30. The molecule has 0 radical (unpaired) electrons. The van der Waals surface area contributed by atoms with Gasteiger partial charge in [-0.2, -0.15) is 13.2 Å². The van der Waals surface area contributed by atoms with Crippen LogP contribution in [0.1, 0.15) is 30.0 Å². The molecule has 1 aromatic rings. The van der Waals surface area contributed by atoms with E-state index in [9.17, 15) is 26.7 Å². The minimum Gasteiger partial charge on any atom is -0.466 e. The molecule has 0 aliphatic rings. The molecule has 0 unspecified atom stereocenters. The summed E-state index contributed by atoms with van der Waals surface area (Å²) in [5.74, 6) is -0.884. The van der Waals surface area contributed by atoms with Crippen molar-refractivity contribution in [1.29, 1.82) is 0 Å². The second-order valence-corrected chi connectivity index (χ2v) is 4.66. The number of nitrogens with zero attached hydrogens (tertiary/aromatic N) is 1. The molecule has 112 valence electrons. The Morgan fingerprint density at radius 1 is 1.45 bits per heavy atom. The van der Waals surface area contributed by atoms with Crippen molar-refractivity contribution in [2.24, 2.45) is 0 Å². The Morgan fingerprint density at radius 3 is 2.50 bits per heavy atom. The van der Waals surface area contributed by atoms with Gasteiger partial charge in [0.05, 0.1) is 18.6 Å². The summed E-state index contributed by atoms with van der Waals surface area (Å²) < 4.78 is 68.4. The lowest BCUT2D eigenvalue weighted by Crippen LogP contribution is -2.18. The molecule has 1 heterocycles.